The lowest BCUT2D eigenvalue weighted by Crippen LogP contribution is -2.27. The summed E-state index contributed by atoms with van der Waals surface area (Å²) < 4.78 is 7.00. The Labute approximate surface area is 107 Å². The highest BCUT2D eigenvalue weighted by molar-refractivity contribution is 5.89. The summed E-state index contributed by atoms with van der Waals surface area (Å²) in [5.41, 5.74) is 0.0792. The third-order valence-electron chi connectivity index (χ3n) is 3.12. The van der Waals surface area contributed by atoms with Crippen LogP contribution in [-0.2, 0) is 7.05 Å². The predicted octanol–water partition coefficient (Wildman–Crippen LogP) is 0.735. The summed E-state index contributed by atoms with van der Waals surface area (Å²) in [6.07, 6.45) is 0. The molecule has 0 unspecified atom stereocenters. The first kappa shape index (κ1) is 11.5. The van der Waals surface area contributed by atoms with Crippen molar-refractivity contribution in [3.8, 4) is 17.1 Å². The predicted molar refractivity (Wildman–Crippen MR) is 70.8 cm³/mol. The fourth-order valence-electron chi connectivity index (χ4n) is 2.28. The van der Waals surface area contributed by atoms with Gasteiger partial charge in [0.25, 0.3) is 5.56 Å². The van der Waals surface area contributed by atoms with E-state index in [1.807, 2.05) is 18.2 Å². The third-order valence-corrected chi connectivity index (χ3v) is 3.12. The Balaban J connectivity index is 2.61. The van der Waals surface area contributed by atoms with Gasteiger partial charge in [-0.05, 0) is 12.1 Å². The SMILES string of the molecule is COc1cccc2cc3c(=O)[nH]c(=O)nc-3n(C)c12. The molecule has 2 aliphatic rings. The van der Waals surface area contributed by atoms with Crippen molar-refractivity contribution >= 4 is 10.9 Å². The second-order valence-electron chi connectivity index (χ2n) is 4.21. The van der Waals surface area contributed by atoms with Crippen molar-refractivity contribution in [1.82, 2.24) is 14.5 Å². The molecule has 0 amide bonds. The minimum atomic E-state index is -0.651. The van der Waals surface area contributed by atoms with E-state index in [9.17, 15) is 9.59 Å². The smallest absolute Gasteiger partial charge is 0.349 e. The Morgan fingerprint density at radius 2 is 2.11 bits per heavy atom. The number of para-hydroxylation sites is 1. The lowest BCUT2D eigenvalue weighted by Gasteiger charge is -2.15. The highest BCUT2D eigenvalue weighted by Crippen LogP contribution is 2.29. The molecule has 1 aromatic rings. The topological polar surface area (TPSA) is 77.0 Å². The molecule has 2 aliphatic heterocycles. The van der Waals surface area contributed by atoms with Gasteiger partial charge in [-0.25, -0.2) is 4.79 Å². The summed E-state index contributed by atoms with van der Waals surface area (Å²) in [6, 6.07) is 7.25. The van der Waals surface area contributed by atoms with E-state index >= 15 is 0 Å². The number of fused-ring (bicyclic) bond motifs is 2. The molecule has 96 valence electrons. The molecule has 6 nitrogen and oxygen atoms in total. The lowest BCUT2D eigenvalue weighted by atomic mass is 10.1. The summed E-state index contributed by atoms with van der Waals surface area (Å²) in [5, 5.41) is 0.847. The first-order valence-corrected chi connectivity index (χ1v) is 5.68. The molecule has 0 bridgehead atoms. The van der Waals surface area contributed by atoms with Gasteiger partial charge in [0, 0.05) is 12.4 Å². The van der Waals surface area contributed by atoms with Crippen LogP contribution >= 0.6 is 0 Å². The fraction of sp³-hybridized carbons (Fsp3) is 0.154. The van der Waals surface area contributed by atoms with Gasteiger partial charge in [0.15, 0.2) is 5.82 Å². The second-order valence-corrected chi connectivity index (χ2v) is 4.21. The van der Waals surface area contributed by atoms with Gasteiger partial charge in [-0.15, -0.1) is 0 Å². The summed E-state index contributed by atoms with van der Waals surface area (Å²) in [4.78, 5) is 29.2. The van der Waals surface area contributed by atoms with Crippen LogP contribution in [0.1, 0.15) is 0 Å². The maximum atomic E-state index is 11.8. The Morgan fingerprint density at radius 3 is 2.84 bits per heavy atom. The molecule has 0 saturated carbocycles. The summed E-state index contributed by atoms with van der Waals surface area (Å²) in [7, 11) is 3.32. The molecule has 0 spiro atoms. The van der Waals surface area contributed by atoms with Crippen molar-refractivity contribution in [2.45, 2.75) is 0 Å². The summed E-state index contributed by atoms with van der Waals surface area (Å²) in [6.45, 7) is 0. The van der Waals surface area contributed by atoms with Crippen LogP contribution in [0.4, 0.5) is 0 Å². The van der Waals surface area contributed by atoms with Crippen LogP contribution in [0.2, 0.25) is 0 Å². The first-order chi connectivity index (χ1) is 9.11. The first-order valence-electron chi connectivity index (χ1n) is 5.68. The van der Waals surface area contributed by atoms with Crippen molar-refractivity contribution in [2.75, 3.05) is 7.11 Å². The summed E-state index contributed by atoms with van der Waals surface area (Å²) in [5.74, 6) is 1.00. The number of ether oxygens (including phenoxy) is 1. The Kier molecular flexibility index (Phi) is 2.38. The van der Waals surface area contributed by atoms with E-state index in [2.05, 4.69) is 9.97 Å². The average molecular weight is 257 g/mol. The zero-order chi connectivity index (χ0) is 13.6. The molecule has 2 heterocycles. The van der Waals surface area contributed by atoms with Crippen LogP contribution in [-0.4, -0.2) is 21.6 Å². The van der Waals surface area contributed by atoms with E-state index in [-0.39, 0.29) is 0 Å². The number of hydrogen-bond acceptors (Lipinski definition) is 4. The molecule has 0 radical (unpaired) electrons. The lowest BCUT2D eigenvalue weighted by molar-refractivity contribution is 0.417. The normalized spacial score (nSPS) is 11.1. The van der Waals surface area contributed by atoms with Crippen molar-refractivity contribution in [3.05, 3.63) is 45.1 Å². The van der Waals surface area contributed by atoms with E-state index in [0.717, 1.165) is 10.9 Å². The van der Waals surface area contributed by atoms with Crippen molar-refractivity contribution in [1.29, 1.82) is 0 Å². The van der Waals surface area contributed by atoms with Crippen LogP contribution in [0.25, 0.3) is 22.3 Å². The monoisotopic (exact) mass is 257 g/mol. The fourth-order valence-corrected chi connectivity index (χ4v) is 2.28. The van der Waals surface area contributed by atoms with Crippen molar-refractivity contribution in [3.63, 3.8) is 0 Å². The number of rotatable bonds is 1. The van der Waals surface area contributed by atoms with Crippen LogP contribution in [0.3, 0.4) is 0 Å². The number of aromatic amines is 1. The standard InChI is InChI=1S/C13H11N3O3/c1-16-10-7(4-3-5-9(10)19-2)6-8-11(16)14-13(18)15-12(8)17/h3-6H,1-2H3,(H,15,17,18). The number of hydrogen-bond donors (Lipinski definition) is 1. The molecular weight excluding hydrogens is 246 g/mol. The number of methoxy groups -OCH3 is 1. The van der Waals surface area contributed by atoms with Gasteiger partial charge < -0.3 is 9.30 Å². The van der Waals surface area contributed by atoms with Crippen molar-refractivity contribution in [2.24, 2.45) is 7.05 Å². The third kappa shape index (κ3) is 1.61. The molecule has 6 heteroatoms. The zero-order valence-corrected chi connectivity index (χ0v) is 10.4. The van der Waals surface area contributed by atoms with E-state index in [4.69, 9.17) is 4.74 Å². The highest BCUT2D eigenvalue weighted by Gasteiger charge is 2.16. The number of benzene rings is 1. The Hall–Kier alpha value is -2.63. The van der Waals surface area contributed by atoms with E-state index < -0.39 is 11.2 Å². The molecule has 1 aromatic carbocycles. The molecule has 0 aromatic heterocycles. The molecule has 0 saturated heterocycles. The number of aryl methyl sites for hydroxylation is 1. The Morgan fingerprint density at radius 1 is 1.32 bits per heavy atom. The van der Waals surface area contributed by atoms with Gasteiger partial charge in [-0.2, -0.15) is 4.98 Å². The van der Waals surface area contributed by atoms with Gasteiger partial charge in [0.2, 0.25) is 0 Å². The van der Waals surface area contributed by atoms with E-state index in [1.165, 1.54) is 0 Å². The van der Waals surface area contributed by atoms with E-state index in [1.54, 1.807) is 24.8 Å². The van der Waals surface area contributed by atoms with Crippen LogP contribution in [0.5, 0.6) is 5.75 Å². The molecule has 0 aliphatic carbocycles. The number of nitrogens with one attached hydrogen (secondary N) is 1. The molecule has 3 rings (SSSR count). The summed E-state index contributed by atoms with van der Waals surface area (Å²) >= 11 is 0. The second kappa shape index (κ2) is 3.94. The average Bonchev–Trinajstić information content (AvgIpc) is 2.39. The van der Waals surface area contributed by atoms with Crippen LogP contribution in [0.15, 0.2) is 33.9 Å². The van der Waals surface area contributed by atoms with Crippen LogP contribution in [0, 0.1) is 0 Å². The van der Waals surface area contributed by atoms with Crippen molar-refractivity contribution < 1.29 is 4.74 Å². The van der Waals surface area contributed by atoms with Gasteiger partial charge in [-0.1, -0.05) is 12.1 Å². The maximum absolute atomic E-state index is 11.8. The van der Waals surface area contributed by atoms with Crippen LogP contribution < -0.4 is 16.0 Å². The van der Waals surface area contributed by atoms with Gasteiger partial charge in [-0.3, -0.25) is 9.78 Å². The number of nitrogens with zero attached hydrogens (tertiary/aromatic N) is 2. The molecule has 1 N–H and O–H groups in total. The number of pyridine rings is 1. The molecular formula is C13H11N3O3. The highest BCUT2D eigenvalue weighted by atomic mass is 16.5. The Bertz CT molecular complexity index is 863. The maximum Gasteiger partial charge on any atom is 0.349 e. The molecule has 0 atom stereocenters. The van der Waals surface area contributed by atoms with Gasteiger partial charge in [0.1, 0.15) is 5.75 Å². The molecule has 0 fully saturated rings. The quantitative estimate of drug-likeness (QED) is 0.652. The number of aromatic nitrogens is 3. The van der Waals surface area contributed by atoms with Gasteiger partial charge >= 0.3 is 5.69 Å². The molecule has 19 heavy (non-hydrogen) atoms. The number of H-pyrrole nitrogens is 1. The largest absolute Gasteiger partial charge is 0.495 e. The minimum absolute atomic E-state index is 0.339. The van der Waals surface area contributed by atoms with E-state index in [0.29, 0.717) is 17.1 Å². The van der Waals surface area contributed by atoms with Gasteiger partial charge in [0.05, 0.1) is 18.2 Å². The zero-order valence-electron chi connectivity index (χ0n) is 10.4. The minimum Gasteiger partial charge on any atom is -0.495 e.